The molecule has 0 atom stereocenters. The van der Waals surface area contributed by atoms with Crippen molar-refractivity contribution in [1.82, 2.24) is 10.2 Å². The third-order valence-electron chi connectivity index (χ3n) is 2.92. The quantitative estimate of drug-likeness (QED) is 0.791. The Kier molecular flexibility index (Phi) is 5.58. The van der Waals surface area contributed by atoms with Crippen LogP contribution in [0.2, 0.25) is 0 Å². The number of carbonyl (C=O) groups excluding carboxylic acids is 2. The Morgan fingerprint density at radius 3 is 2.33 bits per heavy atom. The second-order valence-corrected chi connectivity index (χ2v) is 5.55. The van der Waals surface area contributed by atoms with Gasteiger partial charge in [-0.15, -0.1) is 0 Å². The van der Waals surface area contributed by atoms with Crippen LogP contribution in [0.25, 0.3) is 0 Å². The molecule has 0 unspecified atom stereocenters. The average Bonchev–Trinajstić information content (AvgIpc) is 2.36. The van der Waals surface area contributed by atoms with Gasteiger partial charge in [-0.05, 0) is 32.0 Å². The van der Waals surface area contributed by atoms with E-state index in [1.807, 2.05) is 13.8 Å². The molecule has 1 aromatic rings. The number of anilines is 2. The van der Waals surface area contributed by atoms with Gasteiger partial charge in [-0.3, -0.25) is 9.59 Å². The molecule has 0 aliphatic rings. The van der Waals surface area contributed by atoms with Gasteiger partial charge >= 0.3 is 0 Å². The topological polar surface area (TPSA) is 78.7 Å². The van der Waals surface area contributed by atoms with Crippen molar-refractivity contribution in [3.8, 4) is 0 Å². The van der Waals surface area contributed by atoms with Gasteiger partial charge < -0.3 is 20.9 Å². The molecule has 0 aromatic heterocycles. The van der Waals surface area contributed by atoms with Gasteiger partial charge in [-0.1, -0.05) is 0 Å². The van der Waals surface area contributed by atoms with Crippen molar-refractivity contribution in [1.29, 1.82) is 0 Å². The maximum Gasteiger partial charge on any atom is 0.253 e. The summed E-state index contributed by atoms with van der Waals surface area (Å²) in [6.45, 7) is 4.03. The Morgan fingerprint density at radius 2 is 1.86 bits per heavy atom. The molecule has 21 heavy (non-hydrogen) atoms. The summed E-state index contributed by atoms with van der Waals surface area (Å²) in [5, 5.41) is 2.83. The number of likely N-dealkylation sites (N-methyl/N-ethyl adjacent to an activating group) is 1. The minimum atomic E-state index is -0.103. The number of benzene rings is 1. The molecular formula is C15H24N4O2. The standard InChI is InChI=1S/C15H24N4O2/c1-10(2)17-14(20)9-19(5)13-7-6-11(8-12(13)16)15(21)18(3)4/h6-8,10H,9,16H2,1-5H3,(H,17,20). The number of hydrogen-bond acceptors (Lipinski definition) is 4. The highest BCUT2D eigenvalue weighted by Crippen LogP contribution is 2.23. The molecule has 6 nitrogen and oxygen atoms in total. The van der Waals surface area contributed by atoms with Crippen LogP contribution in [-0.2, 0) is 4.79 Å². The van der Waals surface area contributed by atoms with Crippen LogP contribution in [0.5, 0.6) is 0 Å². The highest BCUT2D eigenvalue weighted by molar-refractivity contribution is 5.96. The SMILES string of the molecule is CC(C)NC(=O)CN(C)c1ccc(C(=O)N(C)C)cc1N. The molecule has 0 saturated heterocycles. The van der Waals surface area contributed by atoms with Crippen molar-refractivity contribution >= 4 is 23.2 Å². The fraction of sp³-hybridized carbons (Fsp3) is 0.467. The second-order valence-electron chi connectivity index (χ2n) is 5.55. The summed E-state index contributed by atoms with van der Waals surface area (Å²) in [7, 11) is 5.17. The van der Waals surface area contributed by atoms with E-state index in [0.29, 0.717) is 11.3 Å². The first-order valence-electron chi connectivity index (χ1n) is 6.84. The molecule has 0 aliphatic carbocycles. The Labute approximate surface area is 125 Å². The molecule has 2 amide bonds. The predicted molar refractivity (Wildman–Crippen MR) is 85.4 cm³/mol. The molecule has 116 valence electrons. The first-order valence-corrected chi connectivity index (χ1v) is 6.84. The van der Waals surface area contributed by atoms with Gasteiger partial charge in [0.15, 0.2) is 0 Å². The molecule has 0 spiro atoms. The molecule has 6 heteroatoms. The minimum absolute atomic E-state index is 0.0691. The number of hydrogen-bond donors (Lipinski definition) is 2. The number of nitrogens with one attached hydrogen (secondary N) is 1. The van der Waals surface area contributed by atoms with Crippen LogP contribution in [0.4, 0.5) is 11.4 Å². The summed E-state index contributed by atoms with van der Waals surface area (Å²) in [5.41, 5.74) is 7.72. The third kappa shape index (κ3) is 4.66. The molecule has 0 fully saturated rings. The molecule has 1 rings (SSSR count). The van der Waals surface area contributed by atoms with Crippen molar-refractivity contribution in [2.24, 2.45) is 0 Å². The summed E-state index contributed by atoms with van der Waals surface area (Å²) < 4.78 is 0. The highest BCUT2D eigenvalue weighted by Gasteiger charge is 2.14. The monoisotopic (exact) mass is 292 g/mol. The summed E-state index contributed by atoms with van der Waals surface area (Å²) in [6, 6.07) is 5.21. The molecule has 0 saturated carbocycles. The van der Waals surface area contributed by atoms with E-state index in [9.17, 15) is 9.59 Å². The Hall–Kier alpha value is -2.24. The maximum absolute atomic E-state index is 11.9. The third-order valence-corrected chi connectivity index (χ3v) is 2.92. The number of nitrogen functional groups attached to an aromatic ring is 1. The van der Waals surface area contributed by atoms with Gasteiger partial charge in [0.2, 0.25) is 5.91 Å². The van der Waals surface area contributed by atoms with Crippen LogP contribution in [0, 0.1) is 0 Å². The summed E-state index contributed by atoms with van der Waals surface area (Å²) in [6.07, 6.45) is 0. The van der Waals surface area contributed by atoms with Crippen molar-refractivity contribution in [3.63, 3.8) is 0 Å². The smallest absolute Gasteiger partial charge is 0.253 e. The van der Waals surface area contributed by atoms with Gasteiger partial charge in [0.1, 0.15) is 0 Å². The van der Waals surface area contributed by atoms with Gasteiger partial charge in [-0.25, -0.2) is 0 Å². The van der Waals surface area contributed by atoms with E-state index in [2.05, 4.69) is 5.32 Å². The minimum Gasteiger partial charge on any atom is -0.397 e. The summed E-state index contributed by atoms with van der Waals surface area (Å²) in [4.78, 5) is 26.9. The van der Waals surface area contributed by atoms with Gasteiger partial charge in [0, 0.05) is 32.7 Å². The molecule has 0 bridgehead atoms. The van der Waals surface area contributed by atoms with E-state index >= 15 is 0 Å². The Bertz CT molecular complexity index is 526. The lowest BCUT2D eigenvalue weighted by molar-refractivity contribution is -0.120. The molecule has 1 aromatic carbocycles. The lowest BCUT2D eigenvalue weighted by Gasteiger charge is -2.22. The second kappa shape index (κ2) is 6.97. The van der Waals surface area contributed by atoms with E-state index < -0.39 is 0 Å². The van der Waals surface area contributed by atoms with Crippen LogP contribution >= 0.6 is 0 Å². The average molecular weight is 292 g/mol. The largest absolute Gasteiger partial charge is 0.397 e. The van der Waals surface area contributed by atoms with E-state index in [1.165, 1.54) is 4.90 Å². The number of amides is 2. The lowest BCUT2D eigenvalue weighted by atomic mass is 10.1. The fourth-order valence-electron chi connectivity index (χ4n) is 1.96. The van der Waals surface area contributed by atoms with Crippen molar-refractivity contribution in [2.45, 2.75) is 19.9 Å². The van der Waals surface area contributed by atoms with Gasteiger partial charge in [0.25, 0.3) is 5.91 Å². The first-order chi connectivity index (χ1) is 9.72. The maximum atomic E-state index is 11.9. The van der Waals surface area contributed by atoms with Crippen LogP contribution in [0.1, 0.15) is 24.2 Å². The molecule has 0 aliphatic heterocycles. The molecule has 0 radical (unpaired) electrons. The van der Waals surface area contributed by atoms with E-state index in [-0.39, 0.29) is 24.4 Å². The van der Waals surface area contributed by atoms with E-state index in [1.54, 1.807) is 44.2 Å². The highest BCUT2D eigenvalue weighted by atomic mass is 16.2. The Balaban J connectivity index is 2.85. The molecule has 0 heterocycles. The van der Waals surface area contributed by atoms with E-state index in [0.717, 1.165) is 5.69 Å². The summed E-state index contributed by atoms with van der Waals surface area (Å²) >= 11 is 0. The van der Waals surface area contributed by atoms with Crippen LogP contribution in [0.15, 0.2) is 18.2 Å². The molecular weight excluding hydrogens is 268 g/mol. The zero-order valence-corrected chi connectivity index (χ0v) is 13.3. The van der Waals surface area contributed by atoms with Crippen molar-refractivity contribution < 1.29 is 9.59 Å². The number of rotatable bonds is 5. The number of nitrogens with two attached hydrogens (primary N) is 1. The molecule has 3 N–H and O–H groups in total. The van der Waals surface area contributed by atoms with E-state index in [4.69, 9.17) is 5.73 Å². The zero-order chi connectivity index (χ0) is 16.2. The predicted octanol–water partition coefficient (Wildman–Crippen LogP) is 0.931. The number of carbonyl (C=O) groups is 2. The van der Waals surface area contributed by atoms with Gasteiger partial charge in [-0.2, -0.15) is 0 Å². The first kappa shape index (κ1) is 16.8. The summed E-state index contributed by atoms with van der Waals surface area (Å²) in [5.74, 6) is -0.172. The van der Waals surface area contributed by atoms with Crippen molar-refractivity contribution in [3.05, 3.63) is 23.8 Å². The Morgan fingerprint density at radius 1 is 1.24 bits per heavy atom. The van der Waals surface area contributed by atoms with Crippen molar-refractivity contribution in [2.75, 3.05) is 38.3 Å². The van der Waals surface area contributed by atoms with Gasteiger partial charge in [0.05, 0.1) is 17.9 Å². The van der Waals surface area contributed by atoms with Crippen LogP contribution in [0.3, 0.4) is 0 Å². The van der Waals surface area contributed by atoms with Crippen LogP contribution < -0.4 is 16.0 Å². The lowest BCUT2D eigenvalue weighted by Crippen LogP contribution is -2.38. The number of nitrogens with zero attached hydrogens (tertiary/aromatic N) is 2. The van der Waals surface area contributed by atoms with Crippen LogP contribution in [-0.4, -0.2) is 50.4 Å². The zero-order valence-electron chi connectivity index (χ0n) is 13.3. The normalized spacial score (nSPS) is 10.4. The fourth-order valence-corrected chi connectivity index (χ4v) is 1.96.